The number of hydrogen-bond acceptors (Lipinski definition) is 6. The molecule has 2 aromatic heterocycles. The van der Waals surface area contributed by atoms with E-state index >= 15 is 0 Å². The van der Waals surface area contributed by atoms with Crippen LogP contribution in [0, 0.1) is 13.8 Å². The Labute approximate surface area is 127 Å². The van der Waals surface area contributed by atoms with Gasteiger partial charge in [0.2, 0.25) is 10.0 Å². The van der Waals surface area contributed by atoms with E-state index in [1.165, 1.54) is 22.7 Å². The fraction of sp³-hybridized carbons (Fsp3) is 0.417. The summed E-state index contributed by atoms with van der Waals surface area (Å²) in [6.45, 7) is 4.73. The molecule has 0 aromatic carbocycles. The second kappa shape index (κ2) is 6.31. The Hall–Kier alpha value is -0.800. The first-order valence-corrected chi connectivity index (χ1v) is 9.25. The molecule has 0 spiro atoms. The van der Waals surface area contributed by atoms with Crippen LogP contribution >= 0.6 is 22.7 Å². The van der Waals surface area contributed by atoms with Gasteiger partial charge in [-0.3, -0.25) is 0 Å². The molecule has 20 heavy (non-hydrogen) atoms. The van der Waals surface area contributed by atoms with Crippen LogP contribution in [0.15, 0.2) is 15.7 Å². The molecule has 0 unspecified atom stereocenters. The molecule has 2 heterocycles. The van der Waals surface area contributed by atoms with Crippen molar-refractivity contribution in [3.8, 4) is 0 Å². The number of aryl methyl sites for hydroxylation is 2. The number of thiophene rings is 1. The normalized spacial score (nSPS) is 11.9. The van der Waals surface area contributed by atoms with Crippen molar-refractivity contribution in [2.24, 2.45) is 0 Å². The zero-order chi connectivity index (χ0) is 14.8. The van der Waals surface area contributed by atoms with Crippen molar-refractivity contribution in [3.05, 3.63) is 32.6 Å². The zero-order valence-corrected chi connectivity index (χ0v) is 14.0. The fourth-order valence-corrected chi connectivity index (χ4v) is 5.11. The van der Waals surface area contributed by atoms with Gasteiger partial charge in [-0.2, -0.15) is 0 Å². The van der Waals surface area contributed by atoms with Crippen LogP contribution in [0.2, 0.25) is 0 Å². The minimum absolute atomic E-state index is 0.235. The lowest BCUT2D eigenvalue weighted by Crippen LogP contribution is -2.22. The molecular formula is C12H17N3O2S3. The van der Waals surface area contributed by atoms with Gasteiger partial charge in [-0.15, -0.1) is 22.7 Å². The van der Waals surface area contributed by atoms with Crippen molar-refractivity contribution < 1.29 is 8.42 Å². The number of hydrogen-bond donors (Lipinski definition) is 2. The largest absolute Gasteiger partial charge is 0.315 e. The maximum Gasteiger partial charge on any atom is 0.250 e. The third-order valence-electron chi connectivity index (χ3n) is 2.68. The van der Waals surface area contributed by atoms with Crippen molar-refractivity contribution in [2.45, 2.75) is 31.1 Å². The van der Waals surface area contributed by atoms with E-state index in [1.54, 1.807) is 6.07 Å². The van der Waals surface area contributed by atoms with Gasteiger partial charge in [-0.25, -0.2) is 18.1 Å². The first-order valence-electron chi connectivity index (χ1n) is 6.07. The van der Waals surface area contributed by atoms with Crippen molar-refractivity contribution >= 4 is 32.7 Å². The Kier molecular flexibility index (Phi) is 4.92. The maximum absolute atomic E-state index is 12.2. The zero-order valence-electron chi connectivity index (χ0n) is 11.6. The summed E-state index contributed by atoms with van der Waals surface area (Å²) < 4.78 is 27.4. The molecule has 0 aliphatic heterocycles. The van der Waals surface area contributed by atoms with Crippen LogP contribution in [0.3, 0.4) is 0 Å². The molecule has 0 aliphatic rings. The highest BCUT2D eigenvalue weighted by Gasteiger charge is 2.19. The van der Waals surface area contributed by atoms with Crippen LogP contribution in [0.25, 0.3) is 0 Å². The highest BCUT2D eigenvalue weighted by atomic mass is 32.2. The van der Waals surface area contributed by atoms with Crippen LogP contribution in [-0.2, 0) is 23.1 Å². The lowest BCUT2D eigenvalue weighted by atomic mass is 10.3. The summed E-state index contributed by atoms with van der Waals surface area (Å²) in [5, 5.41) is 5.72. The molecule has 0 bridgehead atoms. The third-order valence-corrected chi connectivity index (χ3v) is 6.76. The summed E-state index contributed by atoms with van der Waals surface area (Å²) in [5.74, 6) is 0. The van der Waals surface area contributed by atoms with Crippen molar-refractivity contribution in [1.82, 2.24) is 15.0 Å². The van der Waals surface area contributed by atoms with E-state index in [4.69, 9.17) is 0 Å². The lowest BCUT2D eigenvalue weighted by Gasteiger charge is -2.02. The van der Waals surface area contributed by atoms with Gasteiger partial charge in [0.05, 0.1) is 6.54 Å². The Morgan fingerprint density at radius 2 is 2.05 bits per heavy atom. The highest BCUT2D eigenvalue weighted by molar-refractivity contribution is 7.91. The van der Waals surface area contributed by atoms with E-state index in [0.717, 1.165) is 21.1 Å². The number of sulfonamides is 1. The van der Waals surface area contributed by atoms with Crippen LogP contribution in [0.4, 0.5) is 0 Å². The molecule has 0 amide bonds. The Bertz CT molecular complexity index is 689. The summed E-state index contributed by atoms with van der Waals surface area (Å²) in [4.78, 5) is 5.28. The average Bonchev–Trinajstić information content (AvgIpc) is 2.95. The molecule has 2 aromatic rings. The van der Waals surface area contributed by atoms with E-state index in [-0.39, 0.29) is 6.54 Å². The fourth-order valence-electron chi connectivity index (χ4n) is 1.67. The molecule has 0 fully saturated rings. The number of aromatic nitrogens is 1. The molecular weight excluding hydrogens is 314 g/mol. The van der Waals surface area contributed by atoms with E-state index < -0.39 is 10.0 Å². The van der Waals surface area contributed by atoms with Gasteiger partial charge < -0.3 is 5.32 Å². The van der Waals surface area contributed by atoms with Gasteiger partial charge in [-0.1, -0.05) is 0 Å². The summed E-state index contributed by atoms with van der Waals surface area (Å²) in [7, 11) is -1.62. The molecule has 8 heteroatoms. The van der Waals surface area contributed by atoms with Gasteiger partial charge in [0.25, 0.3) is 0 Å². The second-order valence-electron chi connectivity index (χ2n) is 4.41. The monoisotopic (exact) mass is 331 g/mol. The standard InChI is InChI=1S/C12H17N3O2S3/c1-8-4-12(19-10(8)5-13-3)20(16,17)14-6-11-15-9(2)7-18-11/h4,7,13-14H,5-6H2,1-3H3. The smallest absolute Gasteiger partial charge is 0.250 e. The minimum atomic E-state index is -3.46. The SMILES string of the molecule is CNCc1sc(S(=O)(=O)NCc2nc(C)cs2)cc1C. The number of rotatable bonds is 6. The second-order valence-corrected chi connectivity index (χ2v) is 8.48. The first kappa shape index (κ1) is 15.6. The van der Waals surface area contributed by atoms with Gasteiger partial charge in [0, 0.05) is 22.5 Å². The third kappa shape index (κ3) is 3.64. The van der Waals surface area contributed by atoms with Gasteiger partial charge in [0.1, 0.15) is 9.22 Å². The lowest BCUT2D eigenvalue weighted by molar-refractivity contribution is 0.583. The van der Waals surface area contributed by atoms with Gasteiger partial charge in [0.15, 0.2) is 0 Å². The molecule has 0 saturated heterocycles. The predicted molar refractivity (Wildman–Crippen MR) is 82.7 cm³/mol. The summed E-state index contributed by atoms with van der Waals surface area (Å²) in [5.41, 5.74) is 1.90. The van der Waals surface area contributed by atoms with E-state index in [1.807, 2.05) is 26.3 Å². The summed E-state index contributed by atoms with van der Waals surface area (Å²) >= 11 is 2.76. The Morgan fingerprint density at radius 3 is 2.65 bits per heavy atom. The van der Waals surface area contributed by atoms with Gasteiger partial charge in [-0.05, 0) is 32.5 Å². The van der Waals surface area contributed by atoms with Crippen molar-refractivity contribution in [1.29, 1.82) is 0 Å². The van der Waals surface area contributed by atoms with Crippen molar-refractivity contribution in [3.63, 3.8) is 0 Å². The molecule has 0 aliphatic carbocycles. The first-order chi connectivity index (χ1) is 9.42. The molecule has 0 radical (unpaired) electrons. The Balaban J connectivity index is 2.11. The Morgan fingerprint density at radius 1 is 1.30 bits per heavy atom. The minimum Gasteiger partial charge on any atom is -0.315 e. The topological polar surface area (TPSA) is 71.1 Å². The highest BCUT2D eigenvalue weighted by Crippen LogP contribution is 2.26. The quantitative estimate of drug-likeness (QED) is 0.849. The van der Waals surface area contributed by atoms with Gasteiger partial charge >= 0.3 is 0 Å². The van der Waals surface area contributed by atoms with Crippen LogP contribution in [0.5, 0.6) is 0 Å². The average molecular weight is 331 g/mol. The number of nitrogens with one attached hydrogen (secondary N) is 2. The van der Waals surface area contributed by atoms with Crippen LogP contribution < -0.4 is 10.0 Å². The number of thiazole rings is 1. The molecule has 2 rings (SSSR count). The van der Waals surface area contributed by atoms with E-state index in [0.29, 0.717) is 10.8 Å². The predicted octanol–water partition coefficient (Wildman–Crippen LogP) is 2.02. The molecule has 5 nitrogen and oxygen atoms in total. The molecule has 0 saturated carbocycles. The maximum atomic E-state index is 12.2. The molecule has 0 atom stereocenters. The number of nitrogens with zero attached hydrogens (tertiary/aromatic N) is 1. The van der Waals surface area contributed by atoms with E-state index in [9.17, 15) is 8.42 Å². The summed E-state index contributed by atoms with van der Waals surface area (Å²) in [6.07, 6.45) is 0. The molecule has 2 N–H and O–H groups in total. The van der Waals surface area contributed by atoms with Crippen LogP contribution in [0.1, 0.15) is 21.1 Å². The van der Waals surface area contributed by atoms with Crippen LogP contribution in [-0.4, -0.2) is 20.4 Å². The summed E-state index contributed by atoms with van der Waals surface area (Å²) in [6, 6.07) is 1.72. The van der Waals surface area contributed by atoms with E-state index in [2.05, 4.69) is 15.0 Å². The molecule has 110 valence electrons. The van der Waals surface area contributed by atoms with Crippen molar-refractivity contribution in [2.75, 3.05) is 7.05 Å².